The Kier molecular flexibility index (Phi) is 6.24. The lowest BCUT2D eigenvalue weighted by Gasteiger charge is -2.34. The van der Waals surface area contributed by atoms with Crippen LogP contribution in [0.25, 0.3) is 0 Å². The van der Waals surface area contributed by atoms with Crippen LogP contribution in [0.15, 0.2) is 36.7 Å². The first-order valence-corrected chi connectivity index (χ1v) is 9.48. The van der Waals surface area contributed by atoms with Crippen LogP contribution in [0, 0.1) is 0 Å². The summed E-state index contributed by atoms with van der Waals surface area (Å²) >= 11 is 0. The Morgan fingerprint density at radius 3 is 2.41 bits per heavy atom. The fourth-order valence-corrected chi connectivity index (χ4v) is 2.88. The number of hydrogen-bond acceptors (Lipinski definition) is 6. The lowest BCUT2D eigenvalue weighted by molar-refractivity contribution is 0.0934. The molecule has 0 bridgehead atoms. The first-order chi connectivity index (χ1) is 13.0. The quantitative estimate of drug-likeness (QED) is 0.816. The molecule has 1 atom stereocenters. The van der Waals surface area contributed by atoms with Gasteiger partial charge in [-0.2, -0.15) is 0 Å². The molecule has 2 aromatic rings. The van der Waals surface area contributed by atoms with E-state index in [9.17, 15) is 4.79 Å². The van der Waals surface area contributed by atoms with Gasteiger partial charge in [-0.15, -0.1) is 0 Å². The van der Waals surface area contributed by atoms with Gasteiger partial charge in [-0.05, 0) is 44.7 Å². The van der Waals surface area contributed by atoms with Crippen LogP contribution in [-0.2, 0) is 0 Å². The van der Waals surface area contributed by atoms with E-state index in [0.717, 1.165) is 38.3 Å². The minimum Gasteiger partial charge on any atom is -0.369 e. The third kappa shape index (κ3) is 5.17. The lowest BCUT2D eigenvalue weighted by Crippen LogP contribution is -2.44. The van der Waals surface area contributed by atoms with Crippen LogP contribution < -0.4 is 15.5 Å². The van der Waals surface area contributed by atoms with E-state index >= 15 is 0 Å². The van der Waals surface area contributed by atoms with Gasteiger partial charge in [0.15, 0.2) is 0 Å². The first-order valence-electron chi connectivity index (χ1n) is 9.48. The Hall–Kier alpha value is -2.67. The highest BCUT2D eigenvalue weighted by molar-refractivity contribution is 5.92. The number of hydrogen-bond donors (Lipinski definition) is 2. The molecule has 1 aromatic carbocycles. The predicted molar refractivity (Wildman–Crippen MR) is 109 cm³/mol. The van der Waals surface area contributed by atoms with E-state index in [1.165, 1.54) is 11.9 Å². The maximum atomic E-state index is 12.1. The molecule has 2 N–H and O–H groups in total. The number of piperazine rings is 1. The van der Waals surface area contributed by atoms with Crippen molar-refractivity contribution in [3.63, 3.8) is 0 Å². The Morgan fingerprint density at radius 1 is 1.11 bits per heavy atom. The number of rotatable bonds is 6. The fraction of sp³-hybridized carbons (Fsp3) is 0.450. The first kappa shape index (κ1) is 19.1. The summed E-state index contributed by atoms with van der Waals surface area (Å²) < 4.78 is 0. The number of likely N-dealkylation sites (N-methyl/N-ethyl adjacent to an activating group) is 1. The van der Waals surface area contributed by atoms with Crippen LogP contribution >= 0.6 is 0 Å². The molecule has 1 saturated heterocycles. The van der Waals surface area contributed by atoms with Gasteiger partial charge in [0.05, 0.1) is 12.4 Å². The number of nitrogens with zero attached hydrogens (tertiary/aromatic N) is 4. The molecule has 1 aromatic heterocycles. The SMILES string of the molecule is CCC(C)NC(=O)c1cnc(Nc2ccc(N3CCN(C)CC3)cc2)cn1. The van der Waals surface area contributed by atoms with E-state index in [1.807, 2.05) is 26.0 Å². The minimum absolute atomic E-state index is 0.121. The zero-order chi connectivity index (χ0) is 19.2. The zero-order valence-electron chi connectivity index (χ0n) is 16.3. The molecular weight excluding hydrogens is 340 g/mol. The summed E-state index contributed by atoms with van der Waals surface area (Å²) in [5, 5.41) is 6.11. The second kappa shape index (κ2) is 8.81. The van der Waals surface area contributed by atoms with E-state index in [1.54, 1.807) is 6.20 Å². The van der Waals surface area contributed by atoms with Gasteiger partial charge < -0.3 is 20.4 Å². The van der Waals surface area contributed by atoms with Crippen LogP contribution in [0.4, 0.5) is 17.2 Å². The Labute approximate surface area is 160 Å². The van der Waals surface area contributed by atoms with Crippen molar-refractivity contribution >= 4 is 23.1 Å². The molecule has 1 unspecified atom stereocenters. The standard InChI is InChI=1S/C20H28N6O/c1-4-15(2)23-20(27)18-13-22-19(14-21-18)24-16-5-7-17(8-6-16)26-11-9-25(3)10-12-26/h5-8,13-15H,4,9-12H2,1-3H3,(H,22,24)(H,23,27). The van der Waals surface area contributed by atoms with Gasteiger partial charge in [0.2, 0.25) is 0 Å². The van der Waals surface area contributed by atoms with Crippen molar-refractivity contribution in [3.8, 4) is 0 Å². The number of carbonyl (C=O) groups is 1. The second-order valence-electron chi connectivity index (χ2n) is 7.03. The van der Waals surface area contributed by atoms with Crippen LogP contribution in [0.3, 0.4) is 0 Å². The highest BCUT2D eigenvalue weighted by atomic mass is 16.1. The molecule has 7 heteroatoms. The molecular formula is C20H28N6O. The molecule has 27 heavy (non-hydrogen) atoms. The molecule has 1 aliphatic rings. The molecule has 0 aliphatic carbocycles. The topological polar surface area (TPSA) is 73.4 Å². The average molecular weight is 368 g/mol. The van der Waals surface area contributed by atoms with Crippen LogP contribution in [0.5, 0.6) is 0 Å². The number of anilines is 3. The third-order valence-electron chi connectivity index (χ3n) is 4.88. The lowest BCUT2D eigenvalue weighted by atomic mass is 10.2. The molecule has 0 saturated carbocycles. The Morgan fingerprint density at radius 2 is 1.81 bits per heavy atom. The molecule has 3 rings (SSSR count). The molecule has 1 aliphatic heterocycles. The van der Waals surface area contributed by atoms with E-state index in [-0.39, 0.29) is 11.9 Å². The Bertz CT molecular complexity index is 738. The molecule has 1 fully saturated rings. The normalized spacial score (nSPS) is 16.0. The maximum Gasteiger partial charge on any atom is 0.271 e. The second-order valence-corrected chi connectivity index (χ2v) is 7.03. The van der Waals surface area contributed by atoms with Gasteiger partial charge in [-0.25, -0.2) is 9.97 Å². The summed E-state index contributed by atoms with van der Waals surface area (Å²) in [7, 11) is 2.16. The number of carbonyl (C=O) groups excluding carboxylic acids is 1. The number of aromatic nitrogens is 2. The third-order valence-corrected chi connectivity index (χ3v) is 4.88. The zero-order valence-corrected chi connectivity index (χ0v) is 16.3. The van der Waals surface area contributed by atoms with Crippen molar-refractivity contribution in [1.29, 1.82) is 0 Å². The summed E-state index contributed by atoms with van der Waals surface area (Å²) in [4.78, 5) is 25.3. The molecule has 144 valence electrons. The maximum absolute atomic E-state index is 12.1. The smallest absolute Gasteiger partial charge is 0.271 e. The minimum atomic E-state index is -0.195. The van der Waals surface area contributed by atoms with E-state index < -0.39 is 0 Å². The molecule has 1 amide bonds. The van der Waals surface area contributed by atoms with E-state index in [2.05, 4.69) is 49.6 Å². The summed E-state index contributed by atoms with van der Waals surface area (Å²) in [6.07, 6.45) is 3.96. The predicted octanol–water partition coefficient (Wildman–Crippen LogP) is 2.50. The van der Waals surface area contributed by atoms with Crippen molar-refractivity contribution in [2.24, 2.45) is 0 Å². The number of benzene rings is 1. The summed E-state index contributed by atoms with van der Waals surface area (Å²) in [6, 6.07) is 8.44. The molecule has 2 heterocycles. The average Bonchev–Trinajstić information content (AvgIpc) is 2.69. The van der Waals surface area contributed by atoms with Gasteiger partial charge in [0, 0.05) is 43.6 Å². The summed E-state index contributed by atoms with van der Waals surface area (Å²) in [5.41, 5.74) is 2.50. The summed E-state index contributed by atoms with van der Waals surface area (Å²) in [6.45, 7) is 8.27. The van der Waals surface area contributed by atoms with Crippen LogP contribution in [-0.4, -0.2) is 60.0 Å². The number of nitrogens with one attached hydrogen (secondary N) is 2. The Balaban J connectivity index is 1.58. The van der Waals surface area contributed by atoms with Gasteiger partial charge in [0.25, 0.3) is 5.91 Å². The van der Waals surface area contributed by atoms with Gasteiger partial charge in [-0.3, -0.25) is 4.79 Å². The van der Waals surface area contributed by atoms with Gasteiger partial charge in [0.1, 0.15) is 11.5 Å². The molecule has 0 spiro atoms. The van der Waals surface area contributed by atoms with E-state index in [4.69, 9.17) is 0 Å². The summed E-state index contributed by atoms with van der Waals surface area (Å²) in [5.74, 6) is 0.419. The van der Waals surface area contributed by atoms with Crippen molar-refractivity contribution < 1.29 is 4.79 Å². The van der Waals surface area contributed by atoms with E-state index in [0.29, 0.717) is 11.5 Å². The highest BCUT2D eigenvalue weighted by Gasteiger charge is 2.14. The van der Waals surface area contributed by atoms with Crippen LogP contribution in [0.2, 0.25) is 0 Å². The monoisotopic (exact) mass is 368 g/mol. The van der Waals surface area contributed by atoms with Crippen molar-refractivity contribution in [2.45, 2.75) is 26.3 Å². The highest BCUT2D eigenvalue weighted by Crippen LogP contribution is 2.21. The van der Waals surface area contributed by atoms with Gasteiger partial charge >= 0.3 is 0 Å². The van der Waals surface area contributed by atoms with Crippen LogP contribution in [0.1, 0.15) is 30.8 Å². The van der Waals surface area contributed by atoms with Crippen molar-refractivity contribution in [3.05, 3.63) is 42.4 Å². The van der Waals surface area contributed by atoms with Crippen molar-refractivity contribution in [2.75, 3.05) is 43.4 Å². The molecule has 0 radical (unpaired) electrons. The molecule has 7 nitrogen and oxygen atoms in total. The number of amides is 1. The largest absolute Gasteiger partial charge is 0.369 e. The fourth-order valence-electron chi connectivity index (χ4n) is 2.88. The van der Waals surface area contributed by atoms with Crippen molar-refractivity contribution in [1.82, 2.24) is 20.2 Å². The van der Waals surface area contributed by atoms with Gasteiger partial charge in [-0.1, -0.05) is 6.92 Å².